The third kappa shape index (κ3) is 21.7. The molecule has 0 spiro atoms. The summed E-state index contributed by atoms with van der Waals surface area (Å²) in [6.07, 6.45) is 0.625. The van der Waals surface area contributed by atoms with Gasteiger partial charge in [0.15, 0.2) is 0 Å². The highest BCUT2D eigenvalue weighted by Gasteiger charge is 2.26. The van der Waals surface area contributed by atoms with Gasteiger partial charge in [0.05, 0.1) is 0 Å². The topological polar surface area (TPSA) is 237 Å². The molecule has 8 N–H and O–H groups in total. The van der Waals surface area contributed by atoms with Crippen molar-refractivity contribution in [3.05, 3.63) is 0 Å². The van der Waals surface area contributed by atoms with E-state index in [0.29, 0.717) is 38.5 Å². The summed E-state index contributed by atoms with van der Waals surface area (Å²) in [5.41, 5.74) is 0. The Balaban J connectivity index is 4.20. The lowest BCUT2D eigenvalue weighted by molar-refractivity contribution is 0.268. The van der Waals surface area contributed by atoms with Gasteiger partial charge >= 0.3 is 30.4 Å². The molecule has 0 radical (unpaired) electrons. The number of hydrogen-bond donors (Lipinski definition) is 8. The largest absolute Gasteiger partial charge is 0.339 e. The van der Waals surface area contributed by atoms with Crippen molar-refractivity contribution < 1.29 is 57.4 Å². The van der Waals surface area contributed by atoms with Crippen LogP contribution in [0.1, 0.15) is 38.5 Å². The summed E-state index contributed by atoms with van der Waals surface area (Å²) >= 11 is 0. The lowest BCUT2D eigenvalue weighted by Gasteiger charge is -2.23. The maximum absolute atomic E-state index is 11.1. The first-order chi connectivity index (χ1) is 13.4. The number of unbranched alkanes of at least 4 members (excludes halogenated alkanes) is 5. The molecule has 0 atom stereocenters. The van der Waals surface area contributed by atoms with Gasteiger partial charge in [-0.15, -0.1) is 0 Å². The van der Waals surface area contributed by atoms with Crippen LogP contribution in [0.2, 0.25) is 0 Å². The quantitative estimate of drug-likeness (QED) is 0.0962. The van der Waals surface area contributed by atoms with Crippen molar-refractivity contribution in [2.24, 2.45) is 0 Å². The van der Waals surface area contributed by atoms with Crippen molar-refractivity contribution in [3.63, 3.8) is 0 Å². The van der Waals surface area contributed by atoms with Crippen molar-refractivity contribution in [3.8, 4) is 0 Å². The van der Waals surface area contributed by atoms with E-state index >= 15 is 0 Å². The van der Waals surface area contributed by atoms with Crippen LogP contribution in [-0.2, 0) is 18.3 Å². The Morgan fingerprint density at radius 3 is 0.800 bits per heavy atom. The highest BCUT2D eigenvalue weighted by atomic mass is 31.2. The molecule has 0 unspecified atom stereocenters. The van der Waals surface area contributed by atoms with E-state index in [4.69, 9.17) is 39.1 Å². The highest BCUT2D eigenvalue weighted by molar-refractivity contribution is 7.53. The molecule has 0 aromatic heterocycles. The van der Waals surface area contributed by atoms with Gasteiger partial charge in [-0.1, -0.05) is 25.7 Å². The smallest absolute Gasteiger partial charge is 0.324 e. The lowest BCUT2D eigenvalue weighted by Crippen LogP contribution is -2.27. The molecule has 0 aromatic rings. The van der Waals surface area contributed by atoms with Crippen LogP contribution in [0.15, 0.2) is 0 Å². The summed E-state index contributed by atoms with van der Waals surface area (Å²) in [5.74, 6) is 0. The average molecular weight is 520 g/mol. The Kier molecular flexibility index (Phi) is 13.5. The van der Waals surface area contributed by atoms with Crippen LogP contribution in [0.5, 0.6) is 0 Å². The molecule has 14 nitrogen and oxygen atoms in total. The standard InChI is InChI=1S/C12H32N2O12P4/c15-27(16,17)9-13(10-28(18,19)20)7-5-3-1-2-4-6-8-14(11-29(21,22)23)12-30(24,25)26/h1-12H2,(H2,15,16,17)(H2,18,19,20)(H2,21,22,23)(H2,24,25,26). The molecule has 0 aliphatic carbocycles. The van der Waals surface area contributed by atoms with E-state index in [-0.39, 0.29) is 13.1 Å². The number of hydrogen-bond acceptors (Lipinski definition) is 6. The predicted molar refractivity (Wildman–Crippen MR) is 109 cm³/mol. The van der Waals surface area contributed by atoms with E-state index < -0.39 is 55.5 Å². The summed E-state index contributed by atoms with van der Waals surface area (Å²) in [6.45, 7) is 0.211. The molecule has 0 aliphatic rings. The third-order valence-corrected chi connectivity index (χ3v) is 6.81. The SMILES string of the molecule is O=P(O)(O)CN(CCCCCCCCN(CP(=O)(O)O)CP(=O)(O)O)CP(=O)(O)O. The fourth-order valence-electron chi connectivity index (χ4n) is 2.79. The van der Waals surface area contributed by atoms with Crippen LogP contribution in [-0.4, -0.2) is 87.2 Å². The molecule has 0 bridgehead atoms. The van der Waals surface area contributed by atoms with Gasteiger partial charge in [0.25, 0.3) is 0 Å². The second-order valence-electron chi connectivity index (χ2n) is 7.13. The minimum atomic E-state index is -4.45. The van der Waals surface area contributed by atoms with Crippen LogP contribution in [0.4, 0.5) is 0 Å². The molecule has 30 heavy (non-hydrogen) atoms. The first-order valence-corrected chi connectivity index (χ1v) is 16.2. The molecule has 0 aliphatic heterocycles. The van der Waals surface area contributed by atoms with Crippen LogP contribution in [0.3, 0.4) is 0 Å². The van der Waals surface area contributed by atoms with Gasteiger partial charge in [-0.25, -0.2) is 0 Å². The molecular weight excluding hydrogens is 488 g/mol. The van der Waals surface area contributed by atoms with Crippen LogP contribution in [0.25, 0.3) is 0 Å². The molecule has 0 heterocycles. The zero-order valence-corrected chi connectivity index (χ0v) is 20.0. The summed E-state index contributed by atoms with van der Waals surface area (Å²) in [4.78, 5) is 73.9. The van der Waals surface area contributed by atoms with Gasteiger partial charge < -0.3 is 39.1 Å². The highest BCUT2D eigenvalue weighted by Crippen LogP contribution is 2.41. The minimum Gasteiger partial charge on any atom is -0.324 e. The summed E-state index contributed by atoms with van der Waals surface area (Å²) in [6, 6.07) is 0. The van der Waals surface area contributed by atoms with E-state index in [1.165, 1.54) is 0 Å². The molecule has 0 amide bonds. The van der Waals surface area contributed by atoms with Gasteiger partial charge in [-0.2, -0.15) is 0 Å². The van der Waals surface area contributed by atoms with Gasteiger partial charge in [0.2, 0.25) is 0 Å². The molecule has 0 saturated heterocycles. The molecule has 0 aromatic carbocycles. The van der Waals surface area contributed by atoms with E-state index in [2.05, 4.69) is 0 Å². The Labute approximate surface area is 174 Å². The molecule has 0 saturated carbocycles. The molecule has 182 valence electrons. The van der Waals surface area contributed by atoms with Crippen molar-refractivity contribution in [1.29, 1.82) is 0 Å². The minimum absolute atomic E-state index is 0.106. The molecule has 0 rings (SSSR count). The normalized spacial score (nSPS) is 14.1. The van der Waals surface area contributed by atoms with Crippen LogP contribution >= 0.6 is 30.4 Å². The van der Waals surface area contributed by atoms with Crippen molar-refractivity contribution >= 4 is 30.4 Å². The summed E-state index contributed by atoms with van der Waals surface area (Å²) < 4.78 is 44.2. The molecule has 18 heteroatoms. The maximum Gasteiger partial charge on any atom is 0.339 e. The van der Waals surface area contributed by atoms with Gasteiger partial charge in [-0.3, -0.25) is 28.1 Å². The third-order valence-electron chi connectivity index (χ3n) is 3.74. The second-order valence-corrected chi connectivity index (χ2v) is 13.6. The zero-order valence-electron chi connectivity index (χ0n) is 16.4. The van der Waals surface area contributed by atoms with Crippen molar-refractivity contribution in [2.45, 2.75) is 38.5 Å². The Bertz CT molecular complexity index is 577. The second kappa shape index (κ2) is 13.3. The number of nitrogens with zero attached hydrogens (tertiary/aromatic N) is 2. The Hall–Kier alpha value is 0.520. The van der Waals surface area contributed by atoms with Crippen molar-refractivity contribution in [1.82, 2.24) is 9.80 Å². The molecule has 0 fully saturated rings. The van der Waals surface area contributed by atoms with Gasteiger partial charge in [0, 0.05) is 0 Å². The monoisotopic (exact) mass is 520 g/mol. The van der Waals surface area contributed by atoms with E-state index in [0.717, 1.165) is 9.80 Å². The van der Waals surface area contributed by atoms with Crippen molar-refractivity contribution in [2.75, 3.05) is 38.2 Å². The zero-order chi connectivity index (χ0) is 23.6. The fourth-order valence-corrected chi connectivity index (χ4v) is 6.16. The van der Waals surface area contributed by atoms with Crippen LogP contribution in [0, 0.1) is 0 Å². The van der Waals surface area contributed by atoms with E-state index in [1.54, 1.807) is 0 Å². The summed E-state index contributed by atoms with van der Waals surface area (Å²) in [7, 11) is -17.8. The lowest BCUT2D eigenvalue weighted by atomic mass is 10.1. The predicted octanol–water partition coefficient (Wildman–Crippen LogP) is 0.472. The average Bonchev–Trinajstić information content (AvgIpc) is 2.42. The summed E-state index contributed by atoms with van der Waals surface area (Å²) in [5, 5.41) is 0. The van der Waals surface area contributed by atoms with E-state index in [1.807, 2.05) is 0 Å². The maximum atomic E-state index is 11.1. The first kappa shape index (κ1) is 30.5. The van der Waals surface area contributed by atoms with E-state index in [9.17, 15) is 18.3 Å². The molecular formula is C12H32N2O12P4. The Morgan fingerprint density at radius 1 is 0.400 bits per heavy atom. The number of rotatable bonds is 17. The fraction of sp³-hybridized carbons (Fsp3) is 1.00. The van der Waals surface area contributed by atoms with Gasteiger partial charge in [-0.05, 0) is 25.9 Å². The Morgan fingerprint density at radius 2 is 0.600 bits per heavy atom. The van der Waals surface area contributed by atoms with Gasteiger partial charge in [0.1, 0.15) is 25.1 Å². The first-order valence-electron chi connectivity index (χ1n) is 8.99. The van der Waals surface area contributed by atoms with Crippen LogP contribution < -0.4 is 0 Å².